The van der Waals surface area contributed by atoms with Gasteiger partial charge in [0, 0.05) is 6.54 Å². The molecule has 0 radical (unpaired) electrons. The maximum atomic E-state index is 11.5. The Hall–Kier alpha value is -1.35. The van der Waals surface area contributed by atoms with Crippen molar-refractivity contribution in [3.8, 4) is 0 Å². The van der Waals surface area contributed by atoms with Crippen LogP contribution in [-0.4, -0.2) is 23.2 Å². The molecule has 0 bridgehead atoms. The van der Waals surface area contributed by atoms with Crippen molar-refractivity contribution >= 4 is 5.91 Å². The van der Waals surface area contributed by atoms with Gasteiger partial charge in [-0.05, 0) is 62.6 Å². The smallest absolute Gasteiger partial charge is 0.251 e. The van der Waals surface area contributed by atoms with Gasteiger partial charge in [0.15, 0.2) is 0 Å². The molecule has 0 heterocycles. The molecule has 19 heavy (non-hydrogen) atoms. The normalized spacial score (nSPS) is 14.9. The third-order valence-electron chi connectivity index (χ3n) is 3.67. The van der Waals surface area contributed by atoms with Gasteiger partial charge >= 0.3 is 0 Å². The van der Waals surface area contributed by atoms with Crippen LogP contribution in [0.25, 0.3) is 0 Å². The first-order chi connectivity index (χ1) is 8.97. The van der Waals surface area contributed by atoms with E-state index in [1.165, 1.54) is 56.2 Å². The van der Waals surface area contributed by atoms with Crippen LogP contribution in [0.2, 0.25) is 0 Å². The Bertz CT molecular complexity index is 460. The van der Waals surface area contributed by atoms with E-state index < -0.39 is 5.60 Å². The minimum absolute atomic E-state index is 0.314. The largest absolute Gasteiger partial charge is 0.381 e. The molecule has 0 unspecified atom stereocenters. The van der Waals surface area contributed by atoms with Crippen LogP contribution in [0.3, 0.4) is 0 Å². The zero-order chi connectivity index (χ0) is 13.9. The van der Waals surface area contributed by atoms with Gasteiger partial charge in [0.05, 0.1) is 0 Å². The molecule has 0 aromatic heterocycles. The Kier molecular flexibility index (Phi) is 4.25. The number of nitrogens with one attached hydrogen (secondary N) is 1. The molecule has 0 aliphatic heterocycles. The van der Waals surface area contributed by atoms with Gasteiger partial charge in [-0.3, -0.25) is 4.79 Å². The van der Waals surface area contributed by atoms with E-state index in [-0.39, 0.29) is 5.91 Å². The van der Waals surface area contributed by atoms with Crippen LogP contribution in [0.1, 0.15) is 43.4 Å². The van der Waals surface area contributed by atoms with Gasteiger partial charge in [-0.1, -0.05) is 18.2 Å². The number of hydrogen-bond donors (Lipinski definition) is 2. The number of aliphatic hydroxyl groups is 1. The molecule has 104 valence electrons. The topological polar surface area (TPSA) is 49.3 Å². The van der Waals surface area contributed by atoms with Gasteiger partial charge in [0.25, 0.3) is 5.91 Å². The number of fused-ring (bicyclic) bond motifs is 1. The van der Waals surface area contributed by atoms with Crippen LogP contribution in [0.5, 0.6) is 0 Å². The standard InChI is InChI=1S/C16H23NO2/c1-16(2,19)15(18)17-10-9-12-7-8-13-5-3-4-6-14(13)11-12/h7-8,11,19H,3-6,9-10H2,1-2H3,(H,17,18). The summed E-state index contributed by atoms with van der Waals surface area (Å²) < 4.78 is 0. The van der Waals surface area contributed by atoms with Crippen LogP contribution >= 0.6 is 0 Å². The maximum Gasteiger partial charge on any atom is 0.251 e. The Morgan fingerprint density at radius 3 is 2.63 bits per heavy atom. The summed E-state index contributed by atoms with van der Waals surface area (Å²) in [4.78, 5) is 11.5. The van der Waals surface area contributed by atoms with Crippen molar-refractivity contribution in [1.29, 1.82) is 0 Å². The monoisotopic (exact) mass is 261 g/mol. The average molecular weight is 261 g/mol. The summed E-state index contributed by atoms with van der Waals surface area (Å²) in [6.45, 7) is 3.57. The quantitative estimate of drug-likeness (QED) is 0.871. The minimum atomic E-state index is -1.30. The zero-order valence-corrected chi connectivity index (χ0v) is 11.8. The second kappa shape index (κ2) is 5.74. The predicted molar refractivity (Wildman–Crippen MR) is 76.1 cm³/mol. The lowest BCUT2D eigenvalue weighted by Crippen LogP contribution is -2.42. The second-order valence-corrected chi connectivity index (χ2v) is 5.88. The van der Waals surface area contributed by atoms with Crippen molar-refractivity contribution < 1.29 is 9.90 Å². The van der Waals surface area contributed by atoms with E-state index in [1.54, 1.807) is 0 Å². The van der Waals surface area contributed by atoms with Crippen LogP contribution in [-0.2, 0) is 24.1 Å². The second-order valence-electron chi connectivity index (χ2n) is 5.88. The van der Waals surface area contributed by atoms with Crippen LogP contribution in [0.4, 0.5) is 0 Å². The van der Waals surface area contributed by atoms with E-state index in [4.69, 9.17) is 0 Å². The molecule has 0 fully saturated rings. The van der Waals surface area contributed by atoms with Crippen molar-refractivity contribution in [2.24, 2.45) is 0 Å². The maximum absolute atomic E-state index is 11.5. The lowest BCUT2D eigenvalue weighted by Gasteiger charge is -2.18. The Morgan fingerprint density at radius 2 is 1.95 bits per heavy atom. The molecule has 3 heteroatoms. The molecule has 1 amide bonds. The lowest BCUT2D eigenvalue weighted by atomic mass is 9.90. The van der Waals surface area contributed by atoms with Crippen LogP contribution in [0.15, 0.2) is 18.2 Å². The van der Waals surface area contributed by atoms with Gasteiger partial charge in [-0.2, -0.15) is 0 Å². The molecule has 1 aromatic rings. The van der Waals surface area contributed by atoms with Crippen molar-refractivity contribution in [2.75, 3.05) is 6.54 Å². The van der Waals surface area contributed by atoms with Crippen LogP contribution < -0.4 is 5.32 Å². The summed E-state index contributed by atoms with van der Waals surface area (Å²) in [6, 6.07) is 6.65. The molecule has 1 aliphatic rings. The first-order valence-corrected chi connectivity index (χ1v) is 7.08. The van der Waals surface area contributed by atoms with Crippen molar-refractivity contribution in [1.82, 2.24) is 5.32 Å². The number of rotatable bonds is 4. The van der Waals surface area contributed by atoms with Gasteiger partial charge in [-0.15, -0.1) is 0 Å². The molecule has 0 spiro atoms. The number of benzene rings is 1. The van der Waals surface area contributed by atoms with Crippen molar-refractivity contribution in [2.45, 2.75) is 51.6 Å². The van der Waals surface area contributed by atoms with E-state index >= 15 is 0 Å². The summed E-state index contributed by atoms with van der Waals surface area (Å²) in [6.07, 6.45) is 5.78. The van der Waals surface area contributed by atoms with Gasteiger partial charge < -0.3 is 10.4 Å². The molecule has 3 nitrogen and oxygen atoms in total. The molecule has 1 aromatic carbocycles. The summed E-state index contributed by atoms with van der Waals surface area (Å²) in [5.74, 6) is -0.314. The van der Waals surface area contributed by atoms with E-state index in [9.17, 15) is 9.90 Å². The Morgan fingerprint density at radius 1 is 1.26 bits per heavy atom. The van der Waals surface area contributed by atoms with E-state index in [0.717, 1.165) is 6.42 Å². The fourth-order valence-electron chi connectivity index (χ4n) is 2.48. The molecule has 1 aliphatic carbocycles. The van der Waals surface area contributed by atoms with Crippen molar-refractivity contribution in [3.63, 3.8) is 0 Å². The molecule has 0 atom stereocenters. The number of carbonyl (C=O) groups excluding carboxylic acids is 1. The Labute approximate surface area is 115 Å². The molecular formula is C16H23NO2. The number of carbonyl (C=O) groups is 1. The fourth-order valence-corrected chi connectivity index (χ4v) is 2.48. The Balaban J connectivity index is 1.88. The highest BCUT2D eigenvalue weighted by Crippen LogP contribution is 2.22. The van der Waals surface area contributed by atoms with E-state index in [0.29, 0.717) is 6.54 Å². The summed E-state index contributed by atoms with van der Waals surface area (Å²) >= 11 is 0. The molecule has 2 rings (SSSR count). The fraction of sp³-hybridized carbons (Fsp3) is 0.562. The third-order valence-corrected chi connectivity index (χ3v) is 3.67. The first kappa shape index (κ1) is 14.1. The van der Waals surface area contributed by atoms with Crippen LogP contribution in [0, 0.1) is 0 Å². The minimum Gasteiger partial charge on any atom is -0.381 e. The third kappa shape index (κ3) is 3.80. The number of aryl methyl sites for hydroxylation is 2. The van der Waals surface area contributed by atoms with Gasteiger partial charge in [-0.25, -0.2) is 0 Å². The SMILES string of the molecule is CC(C)(O)C(=O)NCCc1ccc2c(c1)CCCC2. The van der Waals surface area contributed by atoms with Crippen molar-refractivity contribution in [3.05, 3.63) is 34.9 Å². The highest BCUT2D eigenvalue weighted by atomic mass is 16.3. The van der Waals surface area contributed by atoms with E-state index in [1.807, 2.05) is 0 Å². The molecule has 2 N–H and O–H groups in total. The van der Waals surface area contributed by atoms with Gasteiger partial charge in [0.1, 0.15) is 5.60 Å². The number of amides is 1. The molecule has 0 saturated heterocycles. The van der Waals surface area contributed by atoms with E-state index in [2.05, 4.69) is 23.5 Å². The zero-order valence-electron chi connectivity index (χ0n) is 11.8. The molecular weight excluding hydrogens is 238 g/mol. The average Bonchev–Trinajstić information content (AvgIpc) is 2.37. The lowest BCUT2D eigenvalue weighted by molar-refractivity contribution is -0.136. The predicted octanol–water partition coefficient (Wildman–Crippen LogP) is 1.99. The highest BCUT2D eigenvalue weighted by Gasteiger charge is 2.22. The first-order valence-electron chi connectivity index (χ1n) is 7.08. The molecule has 0 saturated carbocycles. The summed E-state index contributed by atoms with van der Waals surface area (Å²) in [5, 5.41) is 12.3. The number of hydrogen-bond acceptors (Lipinski definition) is 2. The summed E-state index contributed by atoms with van der Waals surface area (Å²) in [5.41, 5.74) is 2.92. The highest BCUT2D eigenvalue weighted by molar-refractivity contribution is 5.83. The van der Waals surface area contributed by atoms with Gasteiger partial charge in [0.2, 0.25) is 0 Å². The summed E-state index contributed by atoms with van der Waals surface area (Å²) in [7, 11) is 0.